The topological polar surface area (TPSA) is 0 Å². The van der Waals surface area contributed by atoms with Gasteiger partial charge in [0.1, 0.15) is 0 Å². The third kappa shape index (κ3) is 5.05. The Balaban J connectivity index is 1.79. The molecule has 5 rings (SSSR count). The molecule has 1 aliphatic heterocycles. The average Bonchev–Trinajstić information content (AvgIpc) is 2.90. The molecule has 0 N–H and O–H groups in total. The molecular formula is C35H41BrSi2. The van der Waals surface area contributed by atoms with Crippen LogP contribution < -0.4 is 5.19 Å². The molecule has 1 fully saturated rings. The third-order valence-electron chi connectivity index (χ3n) is 9.22. The van der Waals surface area contributed by atoms with Crippen molar-refractivity contribution in [1.82, 2.24) is 0 Å². The van der Waals surface area contributed by atoms with Crippen LogP contribution in [-0.2, 0) is 5.04 Å². The molecule has 196 valence electrons. The Hall–Kier alpha value is -2.21. The fourth-order valence-corrected chi connectivity index (χ4v) is 12.2. The van der Waals surface area contributed by atoms with E-state index in [4.69, 9.17) is 0 Å². The molecule has 1 atom stereocenters. The summed E-state index contributed by atoms with van der Waals surface area (Å²) in [5.74, 6) is 0. The number of halogens is 1. The van der Waals surface area contributed by atoms with E-state index in [0.717, 1.165) is 4.47 Å². The van der Waals surface area contributed by atoms with Gasteiger partial charge in [-0.05, 0) is 74.7 Å². The monoisotopic (exact) mass is 596 g/mol. The van der Waals surface area contributed by atoms with Crippen molar-refractivity contribution >= 4 is 37.3 Å². The number of hydrogen-bond donors (Lipinski definition) is 0. The molecule has 0 amide bonds. The SMILES string of the molecule is CC1(c2ccccc2-c2cc(-c3ccccc3Br)cc(-c3ccccc3[Si](C)(C)C)c2)CCCC[Si]1(C)C. The van der Waals surface area contributed by atoms with Gasteiger partial charge < -0.3 is 0 Å². The second kappa shape index (κ2) is 10.4. The molecule has 1 unspecified atom stereocenters. The zero-order valence-electron chi connectivity index (χ0n) is 23.9. The minimum Gasteiger partial charge on any atom is -0.0687 e. The van der Waals surface area contributed by atoms with Crippen LogP contribution in [0.25, 0.3) is 33.4 Å². The largest absolute Gasteiger partial charge is 0.0784 e. The van der Waals surface area contributed by atoms with Gasteiger partial charge in [-0.3, -0.25) is 0 Å². The predicted octanol–water partition coefficient (Wildman–Crippen LogP) is 10.7. The molecule has 4 aromatic rings. The highest BCUT2D eigenvalue weighted by atomic mass is 79.9. The van der Waals surface area contributed by atoms with Gasteiger partial charge in [0.2, 0.25) is 0 Å². The summed E-state index contributed by atoms with van der Waals surface area (Å²) in [6.45, 7) is 15.2. The Labute approximate surface area is 240 Å². The summed E-state index contributed by atoms with van der Waals surface area (Å²) >= 11 is 3.85. The molecule has 3 heteroatoms. The van der Waals surface area contributed by atoms with E-state index in [1.807, 2.05) is 0 Å². The number of rotatable bonds is 5. The first-order valence-electron chi connectivity index (χ1n) is 14.1. The van der Waals surface area contributed by atoms with Gasteiger partial charge in [0.15, 0.2) is 0 Å². The summed E-state index contributed by atoms with van der Waals surface area (Å²) in [6, 6.07) is 35.8. The van der Waals surface area contributed by atoms with E-state index >= 15 is 0 Å². The normalized spacial score (nSPS) is 19.3. The average molecular weight is 598 g/mol. The highest BCUT2D eigenvalue weighted by molar-refractivity contribution is 9.10. The van der Waals surface area contributed by atoms with Crippen molar-refractivity contribution in [2.24, 2.45) is 0 Å². The maximum absolute atomic E-state index is 3.85. The van der Waals surface area contributed by atoms with Gasteiger partial charge in [-0.2, -0.15) is 0 Å². The lowest BCUT2D eigenvalue weighted by molar-refractivity contribution is 0.505. The molecule has 1 saturated heterocycles. The van der Waals surface area contributed by atoms with E-state index in [0.29, 0.717) is 0 Å². The van der Waals surface area contributed by atoms with Crippen LogP contribution in [0.4, 0.5) is 0 Å². The van der Waals surface area contributed by atoms with E-state index < -0.39 is 16.1 Å². The van der Waals surface area contributed by atoms with Gasteiger partial charge in [-0.25, -0.2) is 0 Å². The van der Waals surface area contributed by atoms with E-state index in [9.17, 15) is 0 Å². The van der Waals surface area contributed by atoms with Crippen LogP contribution in [0.3, 0.4) is 0 Å². The lowest BCUT2D eigenvalue weighted by atomic mass is 9.85. The fraction of sp³-hybridized carbons (Fsp3) is 0.314. The number of hydrogen-bond acceptors (Lipinski definition) is 0. The van der Waals surface area contributed by atoms with Crippen LogP contribution in [-0.4, -0.2) is 16.1 Å². The summed E-state index contributed by atoms with van der Waals surface area (Å²) in [5, 5.41) is 1.80. The molecule has 0 radical (unpaired) electrons. The summed E-state index contributed by atoms with van der Waals surface area (Å²) in [5.41, 5.74) is 9.55. The van der Waals surface area contributed by atoms with Crippen molar-refractivity contribution in [3.63, 3.8) is 0 Å². The summed E-state index contributed by atoms with van der Waals surface area (Å²) in [7, 11) is -2.99. The van der Waals surface area contributed by atoms with E-state index in [1.165, 1.54) is 63.9 Å². The van der Waals surface area contributed by atoms with Gasteiger partial charge in [-0.15, -0.1) is 0 Å². The first-order valence-corrected chi connectivity index (χ1v) is 21.6. The van der Waals surface area contributed by atoms with Gasteiger partial charge in [0.05, 0.1) is 16.1 Å². The molecule has 38 heavy (non-hydrogen) atoms. The molecule has 0 bridgehead atoms. The quantitative estimate of drug-likeness (QED) is 0.201. The van der Waals surface area contributed by atoms with Crippen LogP contribution in [0.5, 0.6) is 0 Å². The Morgan fingerprint density at radius 2 is 1.21 bits per heavy atom. The molecule has 1 aliphatic rings. The highest BCUT2D eigenvalue weighted by Crippen LogP contribution is 2.49. The van der Waals surface area contributed by atoms with Crippen LogP contribution >= 0.6 is 15.9 Å². The Bertz CT molecular complexity index is 1460. The predicted molar refractivity (Wildman–Crippen MR) is 177 cm³/mol. The highest BCUT2D eigenvalue weighted by Gasteiger charge is 2.46. The molecule has 0 spiro atoms. The smallest absolute Gasteiger partial charge is 0.0687 e. The summed E-state index contributed by atoms with van der Waals surface area (Å²) in [6.07, 6.45) is 4.04. The van der Waals surface area contributed by atoms with Gasteiger partial charge in [-0.1, -0.05) is 146 Å². The first-order chi connectivity index (χ1) is 18.0. The minimum absolute atomic E-state index is 0.279. The van der Waals surface area contributed by atoms with Crippen molar-refractivity contribution in [3.8, 4) is 33.4 Å². The molecular weight excluding hydrogens is 556 g/mol. The van der Waals surface area contributed by atoms with Gasteiger partial charge in [0.25, 0.3) is 0 Å². The maximum atomic E-state index is 3.85. The summed E-state index contributed by atoms with van der Waals surface area (Å²) in [4.78, 5) is 0. The van der Waals surface area contributed by atoms with E-state index in [2.05, 4.69) is 147 Å². The summed E-state index contributed by atoms with van der Waals surface area (Å²) < 4.78 is 1.14. The van der Waals surface area contributed by atoms with Crippen molar-refractivity contribution < 1.29 is 0 Å². The molecule has 0 aliphatic carbocycles. The molecule has 0 nitrogen and oxygen atoms in total. The van der Waals surface area contributed by atoms with Crippen LogP contribution in [0, 0.1) is 0 Å². The Kier molecular flexibility index (Phi) is 7.49. The first kappa shape index (κ1) is 27.4. The zero-order chi connectivity index (χ0) is 27.1. The van der Waals surface area contributed by atoms with Crippen LogP contribution in [0.15, 0.2) is 95.5 Å². The zero-order valence-corrected chi connectivity index (χ0v) is 27.5. The lowest BCUT2D eigenvalue weighted by Gasteiger charge is -2.48. The Morgan fingerprint density at radius 3 is 1.84 bits per heavy atom. The van der Waals surface area contributed by atoms with Crippen molar-refractivity contribution in [1.29, 1.82) is 0 Å². The standard InChI is InChI=1S/C35H41BrSi2/c1-35(21-13-14-22-38(35,5)6)32-18-10-7-15-29(32)26-23-27(30-16-8-11-19-33(30)36)25-28(24-26)31-17-9-12-20-34(31)37(2,3)4/h7-12,15-20,23-25H,13-14,21-22H2,1-6H3. The minimum atomic E-state index is -1.54. The van der Waals surface area contributed by atoms with Crippen LogP contribution in [0.1, 0.15) is 31.7 Å². The second-order valence-electron chi connectivity index (χ2n) is 13.0. The molecule has 1 heterocycles. The second-order valence-corrected chi connectivity index (χ2v) is 24.3. The van der Waals surface area contributed by atoms with Gasteiger partial charge >= 0.3 is 0 Å². The van der Waals surface area contributed by atoms with Crippen molar-refractivity contribution in [2.75, 3.05) is 0 Å². The van der Waals surface area contributed by atoms with Crippen molar-refractivity contribution in [3.05, 3.63) is 101 Å². The van der Waals surface area contributed by atoms with E-state index in [-0.39, 0.29) is 5.04 Å². The third-order valence-corrected chi connectivity index (χ3v) is 17.1. The van der Waals surface area contributed by atoms with Crippen molar-refractivity contribution in [2.45, 2.75) is 70.0 Å². The fourth-order valence-electron chi connectivity index (χ4n) is 6.55. The molecule has 4 aromatic carbocycles. The number of benzene rings is 4. The maximum Gasteiger partial charge on any atom is 0.0784 e. The molecule has 0 saturated carbocycles. The lowest BCUT2D eigenvalue weighted by Crippen LogP contribution is -2.52. The van der Waals surface area contributed by atoms with Gasteiger partial charge in [0, 0.05) is 4.47 Å². The Morgan fingerprint density at radius 1 is 0.684 bits per heavy atom. The molecule has 0 aromatic heterocycles. The van der Waals surface area contributed by atoms with E-state index in [1.54, 1.807) is 5.56 Å². The van der Waals surface area contributed by atoms with Crippen LogP contribution in [0.2, 0.25) is 38.8 Å².